The number of pyridine rings is 1. The van der Waals surface area contributed by atoms with Crippen LogP contribution < -0.4 is 4.80 Å². The molecule has 2 aromatic heterocycles. The van der Waals surface area contributed by atoms with Crippen molar-refractivity contribution in [1.82, 2.24) is 9.55 Å². The number of rotatable bonds is 2. The molecular formula is C21H19N3OS. The fourth-order valence-corrected chi connectivity index (χ4v) is 4.27. The Balaban J connectivity index is 1.82. The number of aryl methyl sites for hydroxylation is 3. The van der Waals surface area contributed by atoms with Crippen LogP contribution in [0, 0.1) is 13.8 Å². The van der Waals surface area contributed by atoms with Gasteiger partial charge in [-0.2, -0.15) is 4.99 Å². The highest BCUT2D eigenvalue weighted by Gasteiger charge is 2.09. The molecule has 5 heteroatoms. The van der Waals surface area contributed by atoms with E-state index in [1.165, 1.54) is 5.56 Å². The molecule has 0 bridgehead atoms. The van der Waals surface area contributed by atoms with E-state index in [-0.39, 0.29) is 5.91 Å². The van der Waals surface area contributed by atoms with Crippen LogP contribution >= 0.6 is 11.3 Å². The fourth-order valence-electron chi connectivity index (χ4n) is 3.08. The monoisotopic (exact) mass is 361 g/mol. The van der Waals surface area contributed by atoms with Gasteiger partial charge in [0.2, 0.25) is 0 Å². The van der Waals surface area contributed by atoms with Crippen LogP contribution in [0.5, 0.6) is 0 Å². The SMILES string of the molecule is CCn1c(=NC(=O)c2ccc3nc(C)ccc3c2)sc2cc(C)ccc21. The molecule has 26 heavy (non-hydrogen) atoms. The van der Waals surface area contributed by atoms with E-state index < -0.39 is 0 Å². The van der Waals surface area contributed by atoms with Crippen molar-refractivity contribution < 1.29 is 4.79 Å². The standard InChI is InChI=1S/C21H19N3OS/c1-4-24-18-10-5-13(2)11-19(18)26-21(24)23-20(25)16-8-9-17-15(12-16)7-6-14(3)22-17/h5-12H,4H2,1-3H3. The predicted molar refractivity (Wildman–Crippen MR) is 107 cm³/mol. The molecule has 1 amide bonds. The van der Waals surface area contributed by atoms with E-state index in [1.807, 2.05) is 31.2 Å². The molecule has 130 valence electrons. The summed E-state index contributed by atoms with van der Waals surface area (Å²) in [7, 11) is 0. The summed E-state index contributed by atoms with van der Waals surface area (Å²) in [5.74, 6) is -0.224. The minimum absolute atomic E-state index is 0.224. The molecule has 0 N–H and O–H groups in total. The summed E-state index contributed by atoms with van der Waals surface area (Å²) in [4.78, 5) is 22.4. The Bertz CT molecular complexity index is 1220. The van der Waals surface area contributed by atoms with Gasteiger partial charge in [0.15, 0.2) is 4.80 Å². The van der Waals surface area contributed by atoms with E-state index in [4.69, 9.17) is 0 Å². The zero-order chi connectivity index (χ0) is 18.3. The number of aromatic nitrogens is 2. The van der Waals surface area contributed by atoms with E-state index >= 15 is 0 Å². The van der Waals surface area contributed by atoms with Gasteiger partial charge in [-0.05, 0) is 62.7 Å². The topological polar surface area (TPSA) is 47.2 Å². The summed E-state index contributed by atoms with van der Waals surface area (Å²) >= 11 is 1.55. The van der Waals surface area contributed by atoms with Crippen molar-refractivity contribution >= 4 is 38.4 Å². The highest BCUT2D eigenvalue weighted by molar-refractivity contribution is 7.16. The Hall–Kier alpha value is -2.79. The molecule has 2 heterocycles. The highest BCUT2D eigenvalue weighted by Crippen LogP contribution is 2.19. The van der Waals surface area contributed by atoms with Gasteiger partial charge >= 0.3 is 0 Å². The summed E-state index contributed by atoms with van der Waals surface area (Å²) in [5, 5.41) is 0.951. The largest absolute Gasteiger partial charge is 0.317 e. The molecule has 0 spiro atoms. The van der Waals surface area contributed by atoms with Crippen molar-refractivity contribution in [3.05, 3.63) is 70.2 Å². The smallest absolute Gasteiger partial charge is 0.279 e. The van der Waals surface area contributed by atoms with E-state index in [2.05, 4.69) is 46.6 Å². The maximum Gasteiger partial charge on any atom is 0.279 e. The first-order valence-electron chi connectivity index (χ1n) is 8.61. The van der Waals surface area contributed by atoms with Crippen LogP contribution in [0.15, 0.2) is 53.5 Å². The number of benzene rings is 2. The van der Waals surface area contributed by atoms with E-state index in [0.717, 1.165) is 38.2 Å². The minimum atomic E-state index is -0.224. The number of fused-ring (bicyclic) bond motifs is 2. The summed E-state index contributed by atoms with van der Waals surface area (Å²) in [6.07, 6.45) is 0. The minimum Gasteiger partial charge on any atom is -0.317 e. The van der Waals surface area contributed by atoms with Crippen LogP contribution in [0.25, 0.3) is 21.1 Å². The summed E-state index contributed by atoms with van der Waals surface area (Å²) in [5.41, 5.74) is 4.76. The number of carbonyl (C=O) groups excluding carboxylic acids is 1. The predicted octanol–water partition coefficient (Wildman–Crippen LogP) is 4.63. The molecular weight excluding hydrogens is 342 g/mol. The van der Waals surface area contributed by atoms with Gasteiger partial charge in [0.05, 0.1) is 15.7 Å². The quantitative estimate of drug-likeness (QED) is 0.523. The van der Waals surface area contributed by atoms with Gasteiger partial charge in [-0.3, -0.25) is 9.78 Å². The van der Waals surface area contributed by atoms with Crippen molar-refractivity contribution in [3.8, 4) is 0 Å². The van der Waals surface area contributed by atoms with Gasteiger partial charge in [0, 0.05) is 23.2 Å². The van der Waals surface area contributed by atoms with Gasteiger partial charge < -0.3 is 4.57 Å². The summed E-state index contributed by atoms with van der Waals surface area (Å²) in [6.45, 7) is 6.87. The molecule has 0 unspecified atom stereocenters. The van der Waals surface area contributed by atoms with Gasteiger partial charge in [0.1, 0.15) is 0 Å². The molecule has 0 aliphatic rings. The number of nitrogens with zero attached hydrogens (tertiary/aromatic N) is 3. The first-order valence-corrected chi connectivity index (χ1v) is 9.43. The lowest BCUT2D eigenvalue weighted by Gasteiger charge is -2.02. The molecule has 0 fully saturated rings. The Kier molecular flexibility index (Phi) is 4.17. The number of hydrogen-bond acceptors (Lipinski definition) is 3. The van der Waals surface area contributed by atoms with Crippen LogP contribution in [-0.4, -0.2) is 15.5 Å². The zero-order valence-electron chi connectivity index (χ0n) is 15.0. The molecule has 0 saturated heterocycles. The Morgan fingerprint density at radius 2 is 1.96 bits per heavy atom. The number of thiazole rings is 1. The molecule has 4 rings (SSSR count). The number of amides is 1. The van der Waals surface area contributed by atoms with Crippen molar-refractivity contribution in [2.75, 3.05) is 0 Å². The molecule has 0 aliphatic carbocycles. The first kappa shape index (κ1) is 16.7. The fraction of sp³-hybridized carbons (Fsp3) is 0.190. The Morgan fingerprint density at radius 3 is 2.77 bits per heavy atom. The van der Waals surface area contributed by atoms with E-state index in [0.29, 0.717) is 5.56 Å². The molecule has 0 radical (unpaired) electrons. The maximum atomic E-state index is 12.7. The third kappa shape index (κ3) is 2.95. The second kappa shape index (κ2) is 6.50. The second-order valence-corrected chi connectivity index (χ2v) is 7.39. The third-order valence-electron chi connectivity index (χ3n) is 4.43. The zero-order valence-corrected chi connectivity index (χ0v) is 15.8. The van der Waals surface area contributed by atoms with E-state index in [9.17, 15) is 4.79 Å². The molecule has 0 saturated carbocycles. The molecule has 0 atom stereocenters. The van der Waals surface area contributed by atoms with Crippen molar-refractivity contribution in [2.24, 2.45) is 4.99 Å². The van der Waals surface area contributed by atoms with Gasteiger partial charge in [-0.1, -0.05) is 23.5 Å². The van der Waals surface area contributed by atoms with Crippen molar-refractivity contribution in [3.63, 3.8) is 0 Å². The van der Waals surface area contributed by atoms with Crippen LogP contribution in [0.3, 0.4) is 0 Å². The van der Waals surface area contributed by atoms with E-state index in [1.54, 1.807) is 17.4 Å². The molecule has 4 aromatic rings. The van der Waals surface area contributed by atoms with Crippen LogP contribution in [0.4, 0.5) is 0 Å². The molecule has 2 aromatic carbocycles. The number of hydrogen-bond donors (Lipinski definition) is 0. The third-order valence-corrected chi connectivity index (χ3v) is 5.47. The number of carbonyl (C=O) groups is 1. The average Bonchev–Trinajstić information content (AvgIpc) is 2.97. The van der Waals surface area contributed by atoms with Crippen LogP contribution in [0.2, 0.25) is 0 Å². The second-order valence-electron chi connectivity index (χ2n) is 6.38. The van der Waals surface area contributed by atoms with Crippen LogP contribution in [-0.2, 0) is 6.54 Å². The van der Waals surface area contributed by atoms with Crippen molar-refractivity contribution in [2.45, 2.75) is 27.3 Å². The maximum absolute atomic E-state index is 12.7. The summed E-state index contributed by atoms with van der Waals surface area (Å²) in [6, 6.07) is 15.8. The normalized spacial score (nSPS) is 12.2. The Morgan fingerprint density at radius 1 is 1.12 bits per heavy atom. The van der Waals surface area contributed by atoms with Gasteiger partial charge in [0.25, 0.3) is 5.91 Å². The summed E-state index contributed by atoms with van der Waals surface area (Å²) < 4.78 is 3.24. The highest BCUT2D eigenvalue weighted by atomic mass is 32.1. The Labute approximate surface area is 155 Å². The van der Waals surface area contributed by atoms with Crippen LogP contribution in [0.1, 0.15) is 28.5 Å². The average molecular weight is 361 g/mol. The first-order chi connectivity index (χ1) is 12.5. The van der Waals surface area contributed by atoms with Crippen molar-refractivity contribution in [1.29, 1.82) is 0 Å². The molecule has 4 nitrogen and oxygen atoms in total. The lowest BCUT2D eigenvalue weighted by molar-refractivity contribution is 0.0998. The van der Waals surface area contributed by atoms with Gasteiger partial charge in [-0.25, -0.2) is 0 Å². The lowest BCUT2D eigenvalue weighted by Crippen LogP contribution is -2.15. The molecule has 0 aliphatic heterocycles. The lowest BCUT2D eigenvalue weighted by atomic mass is 10.1. The van der Waals surface area contributed by atoms with Gasteiger partial charge in [-0.15, -0.1) is 0 Å².